The van der Waals surface area contributed by atoms with Crippen molar-refractivity contribution in [2.45, 2.75) is 32.0 Å². The summed E-state index contributed by atoms with van der Waals surface area (Å²) >= 11 is 5.93. The van der Waals surface area contributed by atoms with Crippen molar-refractivity contribution in [3.63, 3.8) is 0 Å². The molecule has 2 atom stereocenters. The second-order valence-electron chi connectivity index (χ2n) is 4.54. The minimum atomic E-state index is -0.135. The van der Waals surface area contributed by atoms with Crippen molar-refractivity contribution in [2.24, 2.45) is 0 Å². The topological polar surface area (TPSA) is 29.5 Å². The number of carbonyl (C=O) groups excluding carboxylic acids is 1. The zero-order chi connectivity index (χ0) is 12.4. The van der Waals surface area contributed by atoms with Crippen molar-refractivity contribution in [1.82, 2.24) is 4.90 Å². The molecule has 1 aromatic rings. The first kappa shape index (κ1) is 12.4. The summed E-state index contributed by atoms with van der Waals surface area (Å²) in [5, 5.41) is 0.721. The van der Waals surface area contributed by atoms with Gasteiger partial charge in [0, 0.05) is 18.0 Å². The molecular weight excluding hydrogens is 238 g/mol. The fourth-order valence-corrected chi connectivity index (χ4v) is 2.34. The number of rotatable bonds is 3. The van der Waals surface area contributed by atoms with E-state index in [2.05, 4.69) is 0 Å². The number of hydrogen-bond donors (Lipinski definition) is 0. The Morgan fingerprint density at radius 3 is 2.88 bits per heavy atom. The Morgan fingerprint density at radius 2 is 2.29 bits per heavy atom. The second-order valence-corrected chi connectivity index (χ2v) is 4.98. The molecule has 1 saturated heterocycles. The number of benzene rings is 1. The summed E-state index contributed by atoms with van der Waals surface area (Å²) in [5.41, 5.74) is 1.10. The molecule has 0 spiro atoms. The molecule has 3 nitrogen and oxygen atoms in total. The molecule has 0 N–H and O–H groups in total. The van der Waals surface area contributed by atoms with Gasteiger partial charge in [-0.2, -0.15) is 0 Å². The number of likely N-dealkylation sites (N-methyl/N-ethyl adjacent to an activating group) is 1. The van der Waals surface area contributed by atoms with Crippen LogP contribution in [0.2, 0.25) is 5.02 Å². The number of nitrogens with zero attached hydrogens (tertiary/aromatic N) is 1. The van der Waals surface area contributed by atoms with E-state index in [0.717, 1.165) is 17.0 Å². The van der Waals surface area contributed by atoms with Gasteiger partial charge in [-0.1, -0.05) is 23.7 Å². The third-order valence-corrected chi connectivity index (χ3v) is 3.23. The molecule has 1 heterocycles. The normalized spacial score (nSPS) is 24.1. The molecule has 0 unspecified atom stereocenters. The van der Waals surface area contributed by atoms with Crippen molar-refractivity contribution in [3.8, 4) is 0 Å². The summed E-state index contributed by atoms with van der Waals surface area (Å²) in [6.07, 6.45) is 0.782. The molecule has 0 bridgehead atoms. The third kappa shape index (κ3) is 2.99. The zero-order valence-electron chi connectivity index (χ0n) is 10.0. The lowest BCUT2D eigenvalue weighted by Gasteiger charge is -2.21. The number of carbonyl (C=O) groups is 1. The van der Waals surface area contributed by atoms with Crippen LogP contribution >= 0.6 is 11.6 Å². The van der Waals surface area contributed by atoms with Gasteiger partial charge in [0.15, 0.2) is 0 Å². The first-order valence-electron chi connectivity index (χ1n) is 5.71. The molecular formula is C13H16ClNO2. The smallest absolute Gasteiger partial charge is 0.323 e. The largest absolute Gasteiger partial charge is 0.461 e. The molecule has 4 heteroatoms. The van der Waals surface area contributed by atoms with Gasteiger partial charge < -0.3 is 4.74 Å². The Labute approximate surface area is 106 Å². The Hall–Kier alpha value is -1.06. The van der Waals surface area contributed by atoms with Gasteiger partial charge in [-0.3, -0.25) is 9.69 Å². The summed E-state index contributed by atoms with van der Waals surface area (Å²) in [6, 6.07) is 7.55. The van der Waals surface area contributed by atoms with E-state index in [0.29, 0.717) is 6.54 Å². The van der Waals surface area contributed by atoms with Crippen molar-refractivity contribution < 1.29 is 9.53 Å². The number of ether oxygens (including phenoxy) is 1. The summed E-state index contributed by atoms with van der Waals surface area (Å²) < 4.78 is 5.15. The van der Waals surface area contributed by atoms with Crippen molar-refractivity contribution in [3.05, 3.63) is 34.9 Å². The van der Waals surface area contributed by atoms with Crippen molar-refractivity contribution in [1.29, 1.82) is 0 Å². The molecule has 0 aromatic heterocycles. The lowest BCUT2D eigenvalue weighted by atomic mass is 10.1. The summed E-state index contributed by atoms with van der Waals surface area (Å²) in [7, 11) is 1.94. The predicted molar refractivity (Wildman–Crippen MR) is 66.9 cm³/mol. The summed E-state index contributed by atoms with van der Waals surface area (Å²) in [6.45, 7) is 2.62. The lowest BCUT2D eigenvalue weighted by molar-refractivity contribution is -0.144. The highest BCUT2D eigenvalue weighted by Gasteiger charge is 2.34. The number of esters is 1. The van der Waals surface area contributed by atoms with Crippen LogP contribution in [0.3, 0.4) is 0 Å². The van der Waals surface area contributed by atoms with Gasteiger partial charge in [-0.05, 0) is 31.7 Å². The number of cyclic esters (lactones) is 1. The van der Waals surface area contributed by atoms with E-state index in [1.165, 1.54) is 0 Å². The van der Waals surface area contributed by atoms with Gasteiger partial charge in [-0.25, -0.2) is 0 Å². The Morgan fingerprint density at radius 1 is 1.53 bits per heavy atom. The molecule has 17 heavy (non-hydrogen) atoms. The maximum atomic E-state index is 11.6. The van der Waals surface area contributed by atoms with E-state index in [1.807, 2.05) is 43.1 Å². The van der Waals surface area contributed by atoms with Gasteiger partial charge >= 0.3 is 5.97 Å². The zero-order valence-corrected chi connectivity index (χ0v) is 10.8. The molecule has 1 fully saturated rings. The van der Waals surface area contributed by atoms with Crippen LogP contribution in [-0.2, 0) is 16.1 Å². The van der Waals surface area contributed by atoms with E-state index in [-0.39, 0.29) is 18.1 Å². The monoisotopic (exact) mass is 253 g/mol. The van der Waals surface area contributed by atoms with Gasteiger partial charge in [0.05, 0.1) is 0 Å². The number of hydrogen-bond acceptors (Lipinski definition) is 3. The van der Waals surface area contributed by atoms with E-state index >= 15 is 0 Å². The van der Waals surface area contributed by atoms with Crippen LogP contribution in [0, 0.1) is 0 Å². The Balaban J connectivity index is 2.02. The average Bonchev–Trinajstić information content (AvgIpc) is 2.58. The van der Waals surface area contributed by atoms with Crippen LogP contribution in [0.1, 0.15) is 18.9 Å². The molecule has 1 aliphatic rings. The highest BCUT2D eigenvalue weighted by molar-refractivity contribution is 6.30. The molecule has 0 radical (unpaired) electrons. The Kier molecular flexibility index (Phi) is 3.69. The van der Waals surface area contributed by atoms with Crippen LogP contribution in [-0.4, -0.2) is 30.1 Å². The van der Waals surface area contributed by atoms with Gasteiger partial charge in [-0.15, -0.1) is 0 Å². The highest BCUT2D eigenvalue weighted by Crippen LogP contribution is 2.21. The van der Waals surface area contributed by atoms with E-state index in [9.17, 15) is 4.79 Å². The minimum absolute atomic E-state index is 0.0225. The van der Waals surface area contributed by atoms with Crippen LogP contribution in [0.4, 0.5) is 0 Å². The van der Waals surface area contributed by atoms with E-state index in [1.54, 1.807) is 0 Å². The quantitative estimate of drug-likeness (QED) is 0.775. The lowest BCUT2D eigenvalue weighted by Crippen LogP contribution is -2.34. The molecule has 2 rings (SSSR count). The minimum Gasteiger partial charge on any atom is -0.461 e. The summed E-state index contributed by atoms with van der Waals surface area (Å²) in [4.78, 5) is 13.6. The fourth-order valence-electron chi connectivity index (χ4n) is 2.13. The maximum Gasteiger partial charge on any atom is 0.323 e. The number of halogens is 1. The third-order valence-electron chi connectivity index (χ3n) is 3.00. The average molecular weight is 254 g/mol. The Bertz CT molecular complexity index is 422. The molecule has 0 saturated carbocycles. The van der Waals surface area contributed by atoms with E-state index in [4.69, 9.17) is 16.3 Å². The van der Waals surface area contributed by atoms with Crippen LogP contribution in [0.25, 0.3) is 0 Å². The predicted octanol–water partition coefficient (Wildman–Crippen LogP) is 2.48. The van der Waals surface area contributed by atoms with Crippen LogP contribution < -0.4 is 0 Å². The van der Waals surface area contributed by atoms with Crippen LogP contribution in [0.5, 0.6) is 0 Å². The SMILES string of the molecule is C[C@@H]1C[C@@H](N(C)Cc2cccc(Cl)c2)C(=O)O1. The standard InChI is InChI=1S/C13H16ClNO2/c1-9-6-12(13(16)17-9)15(2)8-10-4-3-5-11(14)7-10/h3-5,7,9,12H,6,8H2,1-2H3/t9-,12-/m1/s1. The van der Waals surface area contributed by atoms with E-state index < -0.39 is 0 Å². The fraction of sp³-hybridized carbons (Fsp3) is 0.462. The van der Waals surface area contributed by atoms with Gasteiger partial charge in [0.1, 0.15) is 12.1 Å². The van der Waals surface area contributed by atoms with Gasteiger partial charge in [0.2, 0.25) is 0 Å². The van der Waals surface area contributed by atoms with Crippen molar-refractivity contribution >= 4 is 17.6 Å². The molecule has 0 aliphatic carbocycles. The van der Waals surface area contributed by atoms with Crippen LogP contribution in [0.15, 0.2) is 24.3 Å². The molecule has 92 valence electrons. The second kappa shape index (κ2) is 5.07. The first-order chi connectivity index (χ1) is 8.06. The molecule has 1 aliphatic heterocycles. The molecule has 1 aromatic carbocycles. The summed E-state index contributed by atoms with van der Waals surface area (Å²) in [5.74, 6) is -0.123. The van der Waals surface area contributed by atoms with Gasteiger partial charge in [0.25, 0.3) is 0 Å². The maximum absolute atomic E-state index is 11.6. The van der Waals surface area contributed by atoms with Crippen molar-refractivity contribution in [2.75, 3.05) is 7.05 Å². The first-order valence-corrected chi connectivity index (χ1v) is 6.09. The molecule has 0 amide bonds. The highest BCUT2D eigenvalue weighted by atomic mass is 35.5.